The normalized spacial score (nSPS) is 12.8. The van der Waals surface area contributed by atoms with Crippen molar-refractivity contribution in [3.8, 4) is 0 Å². The van der Waals surface area contributed by atoms with Gasteiger partial charge >= 0.3 is 0 Å². The Bertz CT molecular complexity index is 221. The van der Waals surface area contributed by atoms with Crippen LogP contribution >= 0.6 is 0 Å². The summed E-state index contributed by atoms with van der Waals surface area (Å²) in [6.45, 7) is 5.47. The number of hydrogen-bond donors (Lipinski definition) is 1. The molecular formula is C11H18N2. The average molecular weight is 178 g/mol. The highest BCUT2D eigenvalue weighted by Crippen LogP contribution is 1.96. The molecule has 1 atom stereocenters. The topological polar surface area (TPSA) is 24.9 Å². The summed E-state index contributed by atoms with van der Waals surface area (Å²) < 4.78 is 0. The van der Waals surface area contributed by atoms with Crippen LogP contribution in [0.25, 0.3) is 0 Å². The predicted octanol–water partition coefficient (Wildman–Crippen LogP) is 2.01. The minimum atomic E-state index is 0.627. The molecule has 72 valence electrons. The minimum absolute atomic E-state index is 0.627. The van der Waals surface area contributed by atoms with Gasteiger partial charge in [-0.3, -0.25) is 4.98 Å². The van der Waals surface area contributed by atoms with Crippen molar-refractivity contribution < 1.29 is 0 Å². The van der Waals surface area contributed by atoms with Crippen molar-refractivity contribution in [3.05, 3.63) is 30.1 Å². The highest BCUT2D eigenvalue weighted by atomic mass is 14.9. The first-order valence-corrected chi connectivity index (χ1v) is 4.95. The van der Waals surface area contributed by atoms with Crippen LogP contribution in [0, 0.1) is 0 Å². The average Bonchev–Trinajstić information content (AvgIpc) is 2.19. The van der Waals surface area contributed by atoms with E-state index in [2.05, 4.69) is 36.3 Å². The summed E-state index contributed by atoms with van der Waals surface area (Å²) in [6.07, 6.45) is 5.97. The lowest BCUT2D eigenvalue weighted by Crippen LogP contribution is -2.27. The fourth-order valence-electron chi connectivity index (χ4n) is 1.16. The van der Waals surface area contributed by atoms with Gasteiger partial charge in [0.1, 0.15) is 0 Å². The lowest BCUT2D eigenvalue weighted by Gasteiger charge is -2.10. The number of pyridine rings is 1. The summed E-state index contributed by atoms with van der Waals surface area (Å²) in [4.78, 5) is 3.98. The molecule has 0 saturated carbocycles. The van der Waals surface area contributed by atoms with Gasteiger partial charge in [-0.15, -0.1) is 0 Å². The highest BCUT2D eigenvalue weighted by Gasteiger charge is 1.96. The summed E-state index contributed by atoms with van der Waals surface area (Å²) in [5.41, 5.74) is 1.35. The van der Waals surface area contributed by atoms with E-state index >= 15 is 0 Å². The van der Waals surface area contributed by atoms with E-state index in [9.17, 15) is 0 Å². The number of hydrogen-bond acceptors (Lipinski definition) is 2. The van der Waals surface area contributed by atoms with E-state index in [1.807, 2.05) is 12.4 Å². The van der Waals surface area contributed by atoms with Gasteiger partial charge in [0, 0.05) is 18.4 Å². The summed E-state index contributed by atoms with van der Waals surface area (Å²) in [5.74, 6) is 0. The number of rotatable bonds is 5. The van der Waals surface area contributed by atoms with Crippen LogP contribution in [0.1, 0.15) is 25.8 Å². The quantitative estimate of drug-likeness (QED) is 0.746. The van der Waals surface area contributed by atoms with Gasteiger partial charge in [0.2, 0.25) is 0 Å². The molecule has 0 bridgehead atoms. The fraction of sp³-hybridized carbons (Fsp3) is 0.545. The maximum absolute atomic E-state index is 3.98. The molecule has 1 aromatic heterocycles. The molecule has 2 heteroatoms. The maximum atomic E-state index is 3.98. The van der Waals surface area contributed by atoms with Crippen LogP contribution in [0.2, 0.25) is 0 Å². The first kappa shape index (κ1) is 10.2. The first-order valence-electron chi connectivity index (χ1n) is 4.95. The zero-order valence-corrected chi connectivity index (χ0v) is 8.46. The van der Waals surface area contributed by atoms with E-state index in [1.165, 1.54) is 12.0 Å². The van der Waals surface area contributed by atoms with Crippen LogP contribution in [0.15, 0.2) is 24.5 Å². The third-order valence-corrected chi connectivity index (χ3v) is 2.27. The molecule has 0 aliphatic heterocycles. The largest absolute Gasteiger partial charge is 0.314 e. The molecule has 0 saturated heterocycles. The van der Waals surface area contributed by atoms with Crippen molar-refractivity contribution in [2.24, 2.45) is 0 Å². The zero-order valence-electron chi connectivity index (χ0n) is 8.46. The van der Waals surface area contributed by atoms with Crippen LogP contribution in [-0.4, -0.2) is 17.6 Å². The summed E-state index contributed by atoms with van der Waals surface area (Å²) in [7, 11) is 0. The summed E-state index contributed by atoms with van der Waals surface area (Å²) in [6, 6.07) is 4.76. The molecule has 1 N–H and O–H groups in total. The maximum Gasteiger partial charge on any atom is 0.0270 e. The molecule has 0 spiro atoms. The van der Waals surface area contributed by atoms with Gasteiger partial charge in [-0.05, 0) is 44.0 Å². The van der Waals surface area contributed by atoms with Crippen LogP contribution in [0.4, 0.5) is 0 Å². The van der Waals surface area contributed by atoms with E-state index in [0.717, 1.165) is 13.0 Å². The van der Waals surface area contributed by atoms with E-state index in [1.54, 1.807) is 0 Å². The van der Waals surface area contributed by atoms with Crippen molar-refractivity contribution >= 4 is 0 Å². The molecule has 1 unspecified atom stereocenters. The lowest BCUT2D eigenvalue weighted by atomic mass is 10.2. The van der Waals surface area contributed by atoms with Gasteiger partial charge in [0.15, 0.2) is 0 Å². The molecule has 2 nitrogen and oxygen atoms in total. The summed E-state index contributed by atoms with van der Waals surface area (Å²) >= 11 is 0. The Balaban J connectivity index is 2.20. The first-order chi connectivity index (χ1) is 6.33. The van der Waals surface area contributed by atoms with Crippen molar-refractivity contribution in [1.82, 2.24) is 10.3 Å². The third-order valence-electron chi connectivity index (χ3n) is 2.27. The molecule has 1 rings (SSSR count). The molecule has 1 aromatic rings. The molecule has 0 amide bonds. The van der Waals surface area contributed by atoms with Crippen molar-refractivity contribution in [2.45, 2.75) is 32.7 Å². The van der Waals surface area contributed by atoms with Crippen LogP contribution < -0.4 is 5.32 Å². The molecule has 13 heavy (non-hydrogen) atoms. The standard InChI is InChI=1S/C11H18N2/c1-3-10(2)13-9-6-11-4-7-12-8-5-11/h4-5,7-8,10,13H,3,6,9H2,1-2H3. The lowest BCUT2D eigenvalue weighted by molar-refractivity contribution is 0.537. The minimum Gasteiger partial charge on any atom is -0.314 e. The van der Waals surface area contributed by atoms with Crippen molar-refractivity contribution in [3.63, 3.8) is 0 Å². The van der Waals surface area contributed by atoms with Gasteiger partial charge in [0.25, 0.3) is 0 Å². The van der Waals surface area contributed by atoms with Crippen LogP contribution in [0.3, 0.4) is 0 Å². The SMILES string of the molecule is CCC(C)NCCc1ccncc1. The Morgan fingerprint density at radius 3 is 2.69 bits per heavy atom. The molecule has 0 aliphatic rings. The van der Waals surface area contributed by atoms with E-state index in [0.29, 0.717) is 6.04 Å². The van der Waals surface area contributed by atoms with E-state index < -0.39 is 0 Å². The monoisotopic (exact) mass is 178 g/mol. The van der Waals surface area contributed by atoms with Gasteiger partial charge in [-0.1, -0.05) is 6.92 Å². The molecular weight excluding hydrogens is 160 g/mol. The fourth-order valence-corrected chi connectivity index (χ4v) is 1.16. The van der Waals surface area contributed by atoms with Gasteiger partial charge in [0.05, 0.1) is 0 Å². The molecule has 0 radical (unpaired) electrons. The van der Waals surface area contributed by atoms with Gasteiger partial charge in [-0.25, -0.2) is 0 Å². The second-order valence-corrected chi connectivity index (χ2v) is 3.37. The molecule has 1 heterocycles. The van der Waals surface area contributed by atoms with Gasteiger partial charge in [-0.2, -0.15) is 0 Å². The predicted molar refractivity (Wildman–Crippen MR) is 55.7 cm³/mol. The number of aromatic nitrogens is 1. The Hall–Kier alpha value is -0.890. The Morgan fingerprint density at radius 1 is 1.38 bits per heavy atom. The Morgan fingerprint density at radius 2 is 2.08 bits per heavy atom. The Kier molecular flexibility index (Phi) is 4.47. The molecule has 0 aromatic carbocycles. The molecule has 0 fully saturated rings. The number of nitrogens with one attached hydrogen (secondary N) is 1. The molecule has 0 aliphatic carbocycles. The van der Waals surface area contributed by atoms with Gasteiger partial charge < -0.3 is 5.32 Å². The summed E-state index contributed by atoms with van der Waals surface area (Å²) in [5, 5.41) is 3.46. The van der Waals surface area contributed by atoms with Crippen LogP contribution in [-0.2, 0) is 6.42 Å². The van der Waals surface area contributed by atoms with Crippen LogP contribution in [0.5, 0.6) is 0 Å². The third kappa shape index (κ3) is 4.04. The van der Waals surface area contributed by atoms with Crippen molar-refractivity contribution in [1.29, 1.82) is 0 Å². The highest BCUT2D eigenvalue weighted by molar-refractivity contribution is 5.09. The second-order valence-electron chi connectivity index (χ2n) is 3.37. The van der Waals surface area contributed by atoms with E-state index in [4.69, 9.17) is 0 Å². The van der Waals surface area contributed by atoms with Crippen molar-refractivity contribution in [2.75, 3.05) is 6.54 Å². The smallest absolute Gasteiger partial charge is 0.0270 e. The Labute approximate surface area is 80.4 Å². The number of nitrogens with zero attached hydrogens (tertiary/aromatic N) is 1. The zero-order chi connectivity index (χ0) is 9.52. The van der Waals surface area contributed by atoms with E-state index in [-0.39, 0.29) is 0 Å². The second kappa shape index (κ2) is 5.70.